The van der Waals surface area contributed by atoms with Crippen molar-refractivity contribution in [1.29, 1.82) is 0 Å². The Balaban J connectivity index is 1.27. The molecule has 2 aromatic heterocycles. The summed E-state index contributed by atoms with van der Waals surface area (Å²) in [6, 6.07) is 19.0. The summed E-state index contributed by atoms with van der Waals surface area (Å²) in [4.78, 5) is 14.9. The fourth-order valence-electron chi connectivity index (χ4n) is 4.73. The van der Waals surface area contributed by atoms with Gasteiger partial charge in [-0.05, 0) is 62.2 Å². The zero-order valence-corrected chi connectivity index (χ0v) is 22.0. The molecule has 2 heterocycles. The molecule has 0 saturated heterocycles. The van der Waals surface area contributed by atoms with Crippen LogP contribution in [-0.4, -0.2) is 28.5 Å². The molecule has 4 aromatic rings. The molecule has 0 bridgehead atoms. The first-order valence-corrected chi connectivity index (χ1v) is 13.4. The second-order valence-corrected chi connectivity index (χ2v) is 9.61. The SMILES string of the molecule is CCCCN(CC)Cc1ccc(CNC(=O)CCCc2cn(Cc3ccccc3F)c3ccccc23)o1. The van der Waals surface area contributed by atoms with Crippen molar-refractivity contribution in [3.63, 3.8) is 0 Å². The number of hydrogen-bond donors (Lipinski definition) is 1. The normalized spacial score (nSPS) is 11.5. The quantitative estimate of drug-likeness (QED) is 0.209. The summed E-state index contributed by atoms with van der Waals surface area (Å²) in [5, 5.41) is 4.14. The van der Waals surface area contributed by atoms with Gasteiger partial charge in [-0.25, -0.2) is 4.39 Å². The predicted octanol–water partition coefficient (Wildman–Crippen LogP) is 6.68. The Kier molecular flexibility index (Phi) is 9.55. The Labute approximate surface area is 219 Å². The molecule has 4 rings (SSSR count). The number of unbranched alkanes of at least 4 members (excludes halogenated alkanes) is 1. The highest BCUT2D eigenvalue weighted by molar-refractivity contribution is 5.84. The highest BCUT2D eigenvalue weighted by atomic mass is 19.1. The van der Waals surface area contributed by atoms with E-state index in [9.17, 15) is 9.18 Å². The van der Waals surface area contributed by atoms with Gasteiger partial charge in [-0.1, -0.05) is 56.7 Å². The van der Waals surface area contributed by atoms with Gasteiger partial charge in [-0.15, -0.1) is 0 Å². The van der Waals surface area contributed by atoms with E-state index in [1.54, 1.807) is 6.07 Å². The highest BCUT2D eigenvalue weighted by Crippen LogP contribution is 2.24. The first-order valence-electron chi connectivity index (χ1n) is 13.4. The summed E-state index contributed by atoms with van der Waals surface area (Å²) in [5.74, 6) is 1.55. The number of halogens is 1. The number of benzene rings is 2. The number of nitrogens with zero attached hydrogens (tertiary/aromatic N) is 2. The largest absolute Gasteiger partial charge is 0.463 e. The van der Waals surface area contributed by atoms with Crippen LogP contribution in [0.5, 0.6) is 0 Å². The molecule has 0 spiro atoms. The fraction of sp³-hybridized carbons (Fsp3) is 0.387. The van der Waals surface area contributed by atoms with Crippen molar-refractivity contribution < 1.29 is 13.6 Å². The number of nitrogens with one attached hydrogen (secondary N) is 1. The summed E-state index contributed by atoms with van der Waals surface area (Å²) in [6.45, 7) is 8.12. The summed E-state index contributed by atoms with van der Waals surface area (Å²) >= 11 is 0. The van der Waals surface area contributed by atoms with E-state index in [2.05, 4.69) is 47.0 Å². The summed E-state index contributed by atoms with van der Waals surface area (Å²) < 4.78 is 22.3. The minimum absolute atomic E-state index is 0.0196. The lowest BCUT2D eigenvalue weighted by atomic mass is 10.1. The van der Waals surface area contributed by atoms with E-state index in [-0.39, 0.29) is 11.7 Å². The van der Waals surface area contributed by atoms with Gasteiger partial charge in [0.15, 0.2) is 0 Å². The van der Waals surface area contributed by atoms with Gasteiger partial charge in [0.25, 0.3) is 0 Å². The van der Waals surface area contributed by atoms with Crippen LogP contribution in [0.15, 0.2) is 71.3 Å². The Hall–Kier alpha value is -3.38. The van der Waals surface area contributed by atoms with Crippen LogP contribution in [0, 0.1) is 5.82 Å². The molecule has 0 unspecified atom stereocenters. The van der Waals surface area contributed by atoms with E-state index in [1.807, 2.05) is 36.4 Å². The molecule has 5 nitrogen and oxygen atoms in total. The van der Waals surface area contributed by atoms with Crippen LogP contribution < -0.4 is 5.32 Å². The number of rotatable bonds is 14. The maximum Gasteiger partial charge on any atom is 0.220 e. The lowest BCUT2D eigenvalue weighted by Crippen LogP contribution is -2.23. The molecule has 0 saturated carbocycles. The lowest BCUT2D eigenvalue weighted by Gasteiger charge is -2.18. The molecule has 0 aliphatic rings. The Morgan fingerprint density at radius 2 is 1.76 bits per heavy atom. The topological polar surface area (TPSA) is 50.4 Å². The van der Waals surface area contributed by atoms with E-state index < -0.39 is 0 Å². The van der Waals surface area contributed by atoms with Gasteiger partial charge in [-0.3, -0.25) is 9.69 Å². The van der Waals surface area contributed by atoms with Crippen molar-refractivity contribution >= 4 is 16.8 Å². The van der Waals surface area contributed by atoms with Crippen LogP contribution in [0.2, 0.25) is 0 Å². The maximum atomic E-state index is 14.2. The van der Waals surface area contributed by atoms with Gasteiger partial charge < -0.3 is 14.3 Å². The molecule has 2 aromatic carbocycles. The van der Waals surface area contributed by atoms with Crippen LogP contribution in [0.1, 0.15) is 62.2 Å². The molecule has 0 aliphatic heterocycles. The van der Waals surface area contributed by atoms with Crippen LogP contribution in [-0.2, 0) is 30.8 Å². The number of hydrogen-bond acceptors (Lipinski definition) is 3. The molecular formula is C31H38FN3O2. The maximum absolute atomic E-state index is 14.2. The molecule has 0 fully saturated rings. The second kappa shape index (κ2) is 13.2. The second-order valence-electron chi connectivity index (χ2n) is 9.61. The molecule has 0 atom stereocenters. The predicted molar refractivity (Wildman–Crippen MR) is 147 cm³/mol. The number of aryl methyl sites for hydroxylation is 1. The first kappa shape index (κ1) is 26.7. The van der Waals surface area contributed by atoms with Crippen molar-refractivity contribution in [1.82, 2.24) is 14.8 Å². The van der Waals surface area contributed by atoms with Crippen molar-refractivity contribution in [3.05, 3.63) is 95.3 Å². The third kappa shape index (κ3) is 7.32. The van der Waals surface area contributed by atoms with E-state index in [0.29, 0.717) is 25.1 Å². The monoisotopic (exact) mass is 503 g/mol. The van der Waals surface area contributed by atoms with E-state index >= 15 is 0 Å². The summed E-state index contributed by atoms with van der Waals surface area (Å²) in [7, 11) is 0. The average molecular weight is 504 g/mol. The average Bonchev–Trinajstić information content (AvgIpc) is 3.51. The van der Waals surface area contributed by atoms with Crippen molar-refractivity contribution in [2.75, 3.05) is 13.1 Å². The van der Waals surface area contributed by atoms with Gasteiger partial charge in [0, 0.05) is 29.1 Å². The van der Waals surface area contributed by atoms with Crippen molar-refractivity contribution in [2.24, 2.45) is 0 Å². The van der Waals surface area contributed by atoms with Crippen molar-refractivity contribution in [3.8, 4) is 0 Å². The number of aromatic nitrogens is 1. The third-order valence-corrected chi connectivity index (χ3v) is 6.85. The summed E-state index contributed by atoms with van der Waals surface area (Å²) in [6.07, 6.45) is 6.44. The van der Waals surface area contributed by atoms with Gasteiger partial charge in [0.05, 0.1) is 19.6 Å². The molecule has 0 aliphatic carbocycles. The zero-order valence-electron chi connectivity index (χ0n) is 22.0. The molecule has 1 N–H and O–H groups in total. The Morgan fingerprint density at radius 3 is 2.57 bits per heavy atom. The standard InChI is InChI=1S/C31H38FN3O2/c1-3-5-19-34(4-2)23-27-18-17-26(37-27)20-33-31(36)16-10-12-24-21-35(30-15-9-7-13-28(24)30)22-25-11-6-8-14-29(25)32/h6-9,11,13-15,17-18,21H,3-5,10,12,16,19-20,22-23H2,1-2H3,(H,33,36). The number of furan rings is 1. The number of fused-ring (bicyclic) bond motifs is 1. The lowest BCUT2D eigenvalue weighted by molar-refractivity contribution is -0.121. The van der Waals surface area contributed by atoms with Crippen LogP contribution in [0.25, 0.3) is 10.9 Å². The minimum Gasteiger partial charge on any atom is -0.463 e. The van der Waals surface area contributed by atoms with Crippen LogP contribution >= 0.6 is 0 Å². The van der Waals surface area contributed by atoms with Gasteiger partial charge in [0.2, 0.25) is 5.91 Å². The molecular weight excluding hydrogens is 465 g/mol. The van der Waals surface area contributed by atoms with Gasteiger partial charge in [0.1, 0.15) is 17.3 Å². The third-order valence-electron chi connectivity index (χ3n) is 6.85. The number of amides is 1. The number of carbonyl (C=O) groups excluding carboxylic acids is 1. The smallest absolute Gasteiger partial charge is 0.220 e. The fourth-order valence-corrected chi connectivity index (χ4v) is 4.73. The first-order chi connectivity index (χ1) is 18.1. The van der Waals surface area contributed by atoms with Gasteiger partial charge in [-0.2, -0.15) is 0 Å². The molecule has 6 heteroatoms. The molecule has 0 radical (unpaired) electrons. The number of carbonyl (C=O) groups is 1. The van der Waals surface area contributed by atoms with E-state index in [4.69, 9.17) is 4.42 Å². The number of para-hydroxylation sites is 1. The Morgan fingerprint density at radius 1 is 0.973 bits per heavy atom. The molecule has 1 amide bonds. The van der Waals surface area contributed by atoms with Gasteiger partial charge >= 0.3 is 0 Å². The van der Waals surface area contributed by atoms with Crippen LogP contribution in [0.3, 0.4) is 0 Å². The minimum atomic E-state index is -0.193. The van der Waals surface area contributed by atoms with Crippen molar-refractivity contribution in [2.45, 2.75) is 65.6 Å². The zero-order chi connectivity index (χ0) is 26.0. The van der Waals surface area contributed by atoms with Crippen LogP contribution in [0.4, 0.5) is 4.39 Å². The molecule has 37 heavy (non-hydrogen) atoms. The summed E-state index contributed by atoms with van der Waals surface area (Å²) in [5.41, 5.74) is 2.92. The van der Waals surface area contributed by atoms with E-state index in [1.165, 1.54) is 24.5 Å². The van der Waals surface area contributed by atoms with E-state index in [0.717, 1.165) is 54.9 Å². The highest BCUT2D eigenvalue weighted by Gasteiger charge is 2.12. The Bertz CT molecular complexity index is 1290. The molecule has 196 valence electrons.